The maximum absolute atomic E-state index is 11.1. The van der Waals surface area contributed by atoms with E-state index in [2.05, 4.69) is 21.2 Å². The molecule has 3 nitrogen and oxygen atoms in total. The number of aromatic carboxylic acids is 1. The monoisotopic (exact) mass is 353 g/mol. The molecule has 2 rings (SSSR count). The molecule has 5 heteroatoms. The Bertz CT molecular complexity index is 658. The molecule has 2 N–H and O–H groups in total. The Morgan fingerprint density at radius 1 is 1.35 bits per heavy atom. The first kappa shape index (κ1) is 14.9. The van der Waals surface area contributed by atoms with E-state index in [9.17, 15) is 4.79 Å². The Morgan fingerprint density at radius 2 is 2.10 bits per heavy atom. The third-order valence-corrected chi connectivity index (χ3v) is 4.26. The van der Waals surface area contributed by atoms with Gasteiger partial charge in [0.05, 0.1) is 10.6 Å². The Hall–Kier alpha value is -1.52. The first-order chi connectivity index (χ1) is 9.49. The first-order valence-corrected chi connectivity index (χ1v) is 7.17. The average Bonchev–Trinajstić information content (AvgIpc) is 2.41. The Balaban J connectivity index is 2.17. The van der Waals surface area contributed by atoms with Gasteiger partial charge in [0.1, 0.15) is 0 Å². The third-order valence-electron chi connectivity index (χ3n) is 3.03. The van der Waals surface area contributed by atoms with Crippen LogP contribution in [0.3, 0.4) is 0 Å². The second-order valence-corrected chi connectivity index (χ2v) is 5.65. The number of halogens is 2. The van der Waals surface area contributed by atoms with Crippen LogP contribution in [0.5, 0.6) is 0 Å². The average molecular weight is 355 g/mol. The van der Waals surface area contributed by atoms with Gasteiger partial charge in [-0.1, -0.05) is 23.7 Å². The van der Waals surface area contributed by atoms with Gasteiger partial charge in [-0.25, -0.2) is 4.79 Å². The van der Waals surface area contributed by atoms with E-state index in [1.165, 1.54) is 0 Å². The SMILES string of the molecule is Cc1c(NCc2ccc(Br)c(Cl)c2)cccc1C(=O)O. The Morgan fingerprint density at radius 3 is 2.75 bits per heavy atom. The number of anilines is 1. The number of nitrogens with one attached hydrogen (secondary N) is 1. The highest BCUT2D eigenvalue weighted by atomic mass is 79.9. The van der Waals surface area contributed by atoms with Gasteiger partial charge in [-0.05, 0) is 58.2 Å². The van der Waals surface area contributed by atoms with E-state index in [0.717, 1.165) is 21.3 Å². The Labute approximate surface area is 130 Å². The normalized spacial score (nSPS) is 10.3. The molecule has 0 fully saturated rings. The molecule has 0 aliphatic rings. The summed E-state index contributed by atoms with van der Waals surface area (Å²) >= 11 is 9.39. The van der Waals surface area contributed by atoms with Gasteiger partial charge >= 0.3 is 5.97 Å². The lowest BCUT2D eigenvalue weighted by atomic mass is 10.1. The van der Waals surface area contributed by atoms with Crippen molar-refractivity contribution in [3.8, 4) is 0 Å². The molecule has 2 aromatic carbocycles. The molecular weight excluding hydrogens is 342 g/mol. The summed E-state index contributed by atoms with van der Waals surface area (Å²) in [6.07, 6.45) is 0. The standard InChI is InChI=1S/C15H13BrClNO2/c1-9-11(15(19)20)3-2-4-14(9)18-8-10-5-6-12(16)13(17)7-10/h2-7,18H,8H2,1H3,(H,19,20). The summed E-state index contributed by atoms with van der Waals surface area (Å²) < 4.78 is 0.854. The van der Waals surface area contributed by atoms with Crippen molar-refractivity contribution in [2.24, 2.45) is 0 Å². The lowest BCUT2D eigenvalue weighted by Crippen LogP contribution is -2.05. The molecule has 0 aromatic heterocycles. The first-order valence-electron chi connectivity index (χ1n) is 5.99. The summed E-state index contributed by atoms with van der Waals surface area (Å²) in [6, 6.07) is 10.9. The van der Waals surface area contributed by atoms with Crippen molar-refractivity contribution in [1.29, 1.82) is 0 Å². The number of carbonyl (C=O) groups is 1. The minimum atomic E-state index is -0.919. The van der Waals surface area contributed by atoms with E-state index in [1.807, 2.05) is 24.3 Å². The summed E-state index contributed by atoms with van der Waals surface area (Å²) in [6.45, 7) is 2.37. The van der Waals surface area contributed by atoms with Crippen molar-refractivity contribution in [2.45, 2.75) is 13.5 Å². The molecule has 0 aliphatic heterocycles. The summed E-state index contributed by atoms with van der Waals surface area (Å²) in [5, 5.41) is 13.0. The molecule has 0 atom stereocenters. The van der Waals surface area contributed by atoms with Crippen LogP contribution in [0.1, 0.15) is 21.5 Å². The largest absolute Gasteiger partial charge is 0.478 e. The zero-order chi connectivity index (χ0) is 14.7. The fourth-order valence-corrected chi connectivity index (χ4v) is 2.36. The molecule has 0 bridgehead atoms. The molecule has 0 heterocycles. The number of hydrogen-bond acceptors (Lipinski definition) is 2. The van der Waals surface area contributed by atoms with Crippen molar-refractivity contribution in [3.63, 3.8) is 0 Å². The van der Waals surface area contributed by atoms with Gasteiger partial charge < -0.3 is 10.4 Å². The topological polar surface area (TPSA) is 49.3 Å². The third kappa shape index (κ3) is 3.32. The number of carboxylic acids is 1. The molecule has 0 spiro atoms. The number of rotatable bonds is 4. The fraction of sp³-hybridized carbons (Fsp3) is 0.133. The van der Waals surface area contributed by atoms with Crippen LogP contribution in [-0.4, -0.2) is 11.1 Å². The minimum absolute atomic E-state index is 0.309. The summed E-state index contributed by atoms with van der Waals surface area (Å²) in [7, 11) is 0. The quantitative estimate of drug-likeness (QED) is 0.835. The zero-order valence-electron chi connectivity index (χ0n) is 10.8. The highest BCUT2D eigenvalue weighted by molar-refractivity contribution is 9.10. The Kier molecular flexibility index (Phi) is 4.68. The molecule has 0 saturated heterocycles. The van der Waals surface area contributed by atoms with E-state index in [1.54, 1.807) is 19.1 Å². The molecule has 0 aliphatic carbocycles. The van der Waals surface area contributed by atoms with E-state index in [0.29, 0.717) is 17.1 Å². The van der Waals surface area contributed by atoms with Gasteiger partial charge in [-0.2, -0.15) is 0 Å². The van der Waals surface area contributed by atoms with Crippen molar-refractivity contribution in [3.05, 3.63) is 62.6 Å². The van der Waals surface area contributed by atoms with Gasteiger partial charge in [0.15, 0.2) is 0 Å². The maximum atomic E-state index is 11.1. The molecule has 0 radical (unpaired) electrons. The molecule has 0 saturated carbocycles. The van der Waals surface area contributed by atoms with Gasteiger partial charge in [0.2, 0.25) is 0 Å². The fourth-order valence-electron chi connectivity index (χ4n) is 1.91. The highest BCUT2D eigenvalue weighted by Gasteiger charge is 2.09. The van der Waals surface area contributed by atoms with Crippen LogP contribution < -0.4 is 5.32 Å². The molecule has 0 amide bonds. The summed E-state index contributed by atoms with van der Waals surface area (Å²) in [5.74, 6) is -0.919. The van der Waals surface area contributed by atoms with Crippen LogP contribution >= 0.6 is 27.5 Å². The summed E-state index contributed by atoms with van der Waals surface area (Å²) in [5.41, 5.74) is 2.87. The lowest BCUT2D eigenvalue weighted by molar-refractivity contribution is 0.0696. The van der Waals surface area contributed by atoms with E-state index < -0.39 is 5.97 Å². The zero-order valence-corrected chi connectivity index (χ0v) is 13.1. The van der Waals surface area contributed by atoms with E-state index in [4.69, 9.17) is 16.7 Å². The smallest absolute Gasteiger partial charge is 0.336 e. The molecule has 2 aromatic rings. The van der Waals surface area contributed by atoms with Crippen molar-refractivity contribution >= 4 is 39.2 Å². The lowest BCUT2D eigenvalue weighted by Gasteiger charge is -2.12. The van der Waals surface area contributed by atoms with Crippen LogP contribution in [0.15, 0.2) is 40.9 Å². The van der Waals surface area contributed by atoms with Gasteiger partial charge in [0.25, 0.3) is 0 Å². The van der Waals surface area contributed by atoms with Gasteiger partial charge in [-0.15, -0.1) is 0 Å². The number of benzene rings is 2. The second kappa shape index (κ2) is 6.29. The number of carboxylic acid groups (broad SMARTS) is 1. The van der Waals surface area contributed by atoms with Crippen molar-refractivity contribution in [1.82, 2.24) is 0 Å². The predicted molar refractivity (Wildman–Crippen MR) is 84.6 cm³/mol. The number of hydrogen-bond donors (Lipinski definition) is 2. The van der Waals surface area contributed by atoms with Crippen LogP contribution in [0.25, 0.3) is 0 Å². The highest BCUT2D eigenvalue weighted by Crippen LogP contribution is 2.24. The van der Waals surface area contributed by atoms with Crippen molar-refractivity contribution < 1.29 is 9.90 Å². The maximum Gasteiger partial charge on any atom is 0.336 e. The van der Waals surface area contributed by atoms with Gasteiger partial charge in [0, 0.05) is 16.7 Å². The molecule has 104 valence electrons. The molecule has 0 unspecified atom stereocenters. The van der Waals surface area contributed by atoms with E-state index in [-0.39, 0.29) is 0 Å². The summed E-state index contributed by atoms with van der Waals surface area (Å²) in [4.78, 5) is 11.1. The van der Waals surface area contributed by atoms with E-state index >= 15 is 0 Å². The van der Waals surface area contributed by atoms with Gasteiger partial charge in [-0.3, -0.25) is 0 Å². The van der Waals surface area contributed by atoms with Crippen LogP contribution in [-0.2, 0) is 6.54 Å². The van der Waals surface area contributed by atoms with Crippen LogP contribution in [0.2, 0.25) is 5.02 Å². The minimum Gasteiger partial charge on any atom is -0.478 e. The van der Waals surface area contributed by atoms with Crippen LogP contribution in [0.4, 0.5) is 5.69 Å². The molecule has 20 heavy (non-hydrogen) atoms. The molecular formula is C15H13BrClNO2. The second-order valence-electron chi connectivity index (χ2n) is 4.39. The predicted octanol–water partition coefficient (Wildman–Crippen LogP) is 4.72. The van der Waals surface area contributed by atoms with Crippen LogP contribution in [0, 0.1) is 6.92 Å². The van der Waals surface area contributed by atoms with Crippen molar-refractivity contribution in [2.75, 3.05) is 5.32 Å².